The number of aliphatic carboxylic acids is 1. The molecular formula is C11H14N4O5S. The smallest absolute Gasteiger partial charge is 0.325 e. The van der Waals surface area contributed by atoms with Gasteiger partial charge in [-0.15, -0.1) is 0 Å². The molecule has 2 heterocycles. The number of rotatable bonds is 5. The highest BCUT2D eigenvalue weighted by Gasteiger charge is 2.26. The van der Waals surface area contributed by atoms with Crippen LogP contribution >= 0.6 is 0 Å². The van der Waals surface area contributed by atoms with Crippen molar-refractivity contribution in [1.82, 2.24) is 14.9 Å². The molecule has 0 saturated heterocycles. The maximum absolute atomic E-state index is 12.4. The Morgan fingerprint density at radius 3 is 2.62 bits per heavy atom. The molecule has 0 fully saturated rings. The zero-order valence-corrected chi connectivity index (χ0v) is 12.4. The van der Waals surface area contributed by atoms with Gasteiger partial charge in [0.25, 0.3) is 10.0 Å². The summed E-state index contributed by atoms with van der Waals surface area (Å²) in [7, 11) is -3.93. The van der Waals surface area contributed by atoms with Crippen molar-refractivity contribution in [1.29, 1.82) is 0 Å². The molecule has 2 rings (SSSR count). The standard InChI is InChI=1S/C11H14N4O5S/c1-6-4-9(13-20-6)14-21(18,19)11-7(2)12-15(8(11)3)5-10(16)17/h4H,5H2,1-3H3,(H,13,14)(H,16,17). The number of carboxylic acid groups (broad SMARTS) is 1. The molecule has 0 spiro atoms. The maximum Gasteiger partial charge on any atom is 0.325 e. The minimum atomic E-state index is -3.93. The van der Waals surface area contributed by atoms with E-state index in [0.29, 0.717) is 5.76 Å². The highest BCUT2D eigenvalue weighted by Crippen LogP contribution is 2.22. The molecule has 9 nitrogen and oxygen atoms in total. The Labute approximate surface area is 120 Å². The summed E-state index contributed by atoms with van der Waals surface area (Å²) in [5.74, 6) is -0.593. The van der Waals surface area contributed by atoms with E-state index in [1.807, 2.05) is 0 Å². The lowest BCUT2D eigenvalue weighted by molar-refractivity contribution is -0.137. The Hall–Kier alpha value is -2.36. The molecule has 114 valence electrons. The van der Waals surface area contributed by atoms with Gasteiger partial charge in [0.15, 0.2) is 5.82 Å². The van der Waals surface area contributed by atoms with Gasteiger partial charge in [-0.1, -0.05) is 5.16 Å². The summed E-state index contributed by atoms with van der Waals surface area (Å²) >= 11 is 0. The number of nitrogens with zero attached hydrogens (tertiary/aromatic N) is 3. The molecule has 0 radical (unpaired) electrons. The van der Waals surface area contributed by atoms with Crippen LogP contribution in [0.25, 0.3) is 0 Å². The molecule has 0 unspecified atom stereocenters. The van der Waals surface area contributed by atoms with E-state index < -0.39 is 22.5 Å². The highest BCUT2D eigenvalue weighted by molar-refractivity contribution is 7.92. The van der Waals surface area contributed by atoms with Crippen LogP contribution in [0.2, 0.25) is 0 Å². The molecule has 10 heteroatoms. The van der Waals surface area contributed by atoms with Crippen molar-refractivity contribution in [2.24, 2.45) is 0 Å². The average molecular weight is 314 g/mol. The third-order valence-corrected chi connectivity index (χ3v) is 4.34. The van der Waals surface area contributed by atoms with Gasteiger partial charge in [0.05, 0.1) is 11.4 Å². The van der Waals surface area contributed by atoms with E-state index >= 15 is 0 Å². The van der Waals surface area contributed by atoms with E-state index in [1.54, 1.807) is 6.92 Å². The van der Waals surface area contributed by atoms with Crippen molar-refractivity contribution in [2.45, 2.75) is 32.2 Å². The van der Waals surface area contributed by atoms with Gasteiger partial charge in [-0.05, 0) is 20.8 Å². The van der Waals surface area contributed by atoms with Crippen LogP contribution < -0.4 is 4.72 Å². The van der Waals surface area contributed by atoms with Crippen molar-refractivity contribution in [3.8, 4) is 0 Å². The number of aromatic nitrogens is 3. The number of aryl methyl sites for hydroxylation is 2. The lowest BCUT2D eigenvalue weighted by atomic mass is 10.4. The number of hydrogen-bond donors (Lipinski definition) is 2. The first-order chi connectivity index (χ1) is 9.70. The highest BCUT2D eigenvalue weighted by atomic mass is 32.2. The van der Waals surface area contributed by atoms with Gasteiger partial charge >= 0.3 is 5.97 Å². The number of carboxylic acids is 1. The quantitative estimate of drug-likeness (QED) is 0.830. The van der Waals surface area contributed by atoms with Gasteiger partial charge in [0.1, 0.15) is 17.2 Å². The van der Waals surface area contributed by atoms with Crippen molar-refractivity contribution in [3.63, 3.8) is 0 Å². The third-order valence-electron chi connectivity index (χ3n) is 2.74. The molecule has 0 aliphatic heterocycles. The van der Waals surface area contributed by atoms with Crippen LogP contribution in [0.1, 0.15) is 17.1 Å². The summed E-state index contributed by atoms with van der Waals surface area (Å²) in [6.07, 6.45) is 0. The van der Waals surface area contributed by atoms with Gasteiger partial charge < -0.3 is 9.63 Å². The summed E-state index contributed by atoms with van der Waals surface area (Å²) in [6.45, 7) is 4.21. The van der Waals surface area contributed by atoms with Gasteiger partial charge in [0, 0.05) is 6.07 Å². The SMILES string of the molecule is Cc1cc(NS(=O)(=O)c2c(C)nn(CC(=O)O)c2C)no1. The van der Waals surface area contributed by atoms with Crippen LogP contribution in [0.5, 0.6) is 0 Å². The zero-order valence-electron chi connectivity index (χ0n) is 11.6. The topological polar surface area (TPSA) is 127 Å². The molecule has 0 saturated carbocycles. The molecular weight excluding hydrogens is 300 g/mol. The average Bonchev–Trinajstić information content (AvgIpc) is 2.82. The summed E-state index contributed by atoms with van der Waals surface area (Å²) in [4.78, 5) is 10.7. The van der Waals surface area contributed by atoms with Crippen LogP contribution in [-0.2, 0) is 21.4 Å². The number of nitrogens with one attached hydrogen (secondary N) is 1. The first kappa shape index (κ1) is 15.0. The molecule has 0 atom stereocenters. The van der Waals surface area contributed by atoms with Gasteiger partial charge in [-0.25, -0.2) is 8.42 Å². The predicted octanol–water partition coefficient (Wildman–Crippen LogP) is 0.682. The van der Waals surface area contributed by atoms with E-state index in [1.165, 1.54) is 19.9 Å². The van der Waals surface area contributed by atoms with Crippen molar-refractivity contribution >= 4 is 21.8 Å². The van der Waals surface area contributed by atoms with Crippen molar-refractivity contribution < 1.29 is 22.8 Å². The molecule has 0 aromatic carbocycles. The Morgan fingerprint density at radius 1 is 1.43 bits per heavy atom. The van der Waals surface area contributed by atoms with Gasteiger partial charge in [-0.3, -0.25) is 14.2 Å². The second-order valence-corrected chi connectivity index (χ2v) is 6.10. The molecule has 2 N–H and O–H groups in total. The first-order valence-corrected chi connectivity index (χ1v) is 7.41. The van der Waals surface area contributed by atoms with Crippen molar-refractivity contribution in [2.75, 3.05) is 4.72 Å². The molecule has 2 aromatic rings. The second kappa shape index (κ2) is 5.20. The first-order valence-electron chi connectivity index (χ1n) is 5.92. The summed E-state index contributed by atoms with van der Waals surface area (Å²) in [5.41, 5.74) is 0.448. The molecule has 2 aromatic heterocycles. The number of carbonyl (C=O) groups is 1. The van der Waals surface area contributed by atoms with Gasteiger partial charge in [-0.2, -0.15) is 5.10 Å². The third kappa shape index (κ3) is 3.05. The van der Waals surface area contributed by atoms with E-state index in [-0.39, 0.29) is 22.1 Å². The van der Waals surface area contributed by atoms with Gasteiger partial charge in [0.2, 0.25) is 0 Å². The van der Waals surface area contributed by atoms with Crippen molar-refractivity contribution in [3.05, 3.63) is 23.2 Å². The maximum atomic E-state index is 12.4. The summed E-state index contributed by atoms with van der Waals surface area (Å²) in [5, 5.41) is 16.3. The van der Waals surface area contributed by atoms with E-state index in [2.05, 4.69) is 15.0 Å². The monoisotopic (exact) mass is 314 g/mol. The lowest BCUT2D eigenvalue weighted by Gasteiger charge is -2.05. The molecule has 0 aliphatic rings. The molecule has 0 aliphatic carbocycles. The minimum absolute atomic E-state index is 0.0530. The Kier molecular flexibility index (Phi) is 3.73. The number of hydrogen-bond acceptors (Lipinski definition) is 6. The zero-order chi connectivity index (χ0) is 15.8. The minimum Gasteiger partial charge on any atom is -0.480 e. The predicted molar refractivity (Wildman–Crippen MR) is 71.4 cm³/mol. The fraction of sp³-hybridized carbons (Fsp3) is 0.364. The van der Waals surface area contributed by atoms with E-state index in [4.69, 9.17) is 9.63 Å². The Balaban J connectivity index is 2.40. The molecule has 0 bridgehead atoms. The Bertz CT molecular complexity index is 790. The van der Waals surface area contributed by atoms with E-state index in [0.717, 1.165) is 4.68 Å². The summed E-state index contributed by atoms with van der Waals surface area (Å²) < 4.78 is 32.9. The fourth-order valence-corrected chi connectivity index (χ4v) is 3.35. The molecule has 0 amide bonds. The van der Waals surface area contributed by atoms with Crippen LogP contribution in [-0.4, -0.2) is 34.4 Å². The normalized spacial score (nSPS) is 11.6. The van der Waals surface area contributed by atoms with Crippen LogP contribution in [0, 0.1) is 20.8 Å². The Morgan fingerprint density at radius 2 is 2.10 bits per heavy atom. The lowest BCUT2D eigenvalue weighted by Crippen LogP contribution is -2.16. The number of sulfonamides is 1. The largest absolute Gasteiger partial charge is 0.480 e. The fourth-order valence-electron chi connectivity index (χ4n) is 1.95. The molecule has 21 heavy (non-hydrogen) atoms. The number of anilines is 1. The van der Waals surface area contributed by atoms with E-state index in [9.17, 15) is 13.2 Å². The van der Waals surface area contributed by atoms with Crippen LogP contribution in [0.4, 0.5) is 5.82 Å². The second-order valence-electron chi connectivity index (χ2n) is 4.48. The van der Waals surface area contributed by atoms with Crippen LogP contribution in [0.15, 0.2) is 15.5 Å². The van der Waals surface area contributed by atoms with Crippen LogP contribution in [0.3, 0.4) is 0 Å². The summed E-state index contributed by atoms with van der Waals surface area (Å²) in [6, 6.07) is 1.43.